The minimum Gasteiger partial charge on any atom is -0.212 e. The van der Waals surface area contributed by atoms with Crippen LogP contribution in [0.1, 0.15) is 71.1 Å². The molecule has 0 aliphatic heterocycles. The summed E-state index contributed by atoms with van der Waals surface area (Å²) in [7, 11) is -3.18. The van der Waals surface area contributed by atoms with E-state index in [4.69, 9.17) is 11.6 Å². The van der Waals surface area contributed by atoms with Gasteiger partial charge in [-0.25, -0.2) is 8.42 Å². The summed E-state index contributed by atoms with van der Waals surface area (Å²) in [5, 5.41) is 0. The Hall–Kier alpha value is 0.200. The van der Waals surface area contributed by atoms with Crippen LogP contribution in [-0.2, 0) is 10.0 Å². The molecule has 0 amide bonds. The molecule has 124 valence electrons. The highest BCUT2D eigenvalue weighted by Gasteiger charge is 2.37. The third-order valence-electron chi connectivity index (χ3n) is 4.95. The molecule has 21 heavy (non-hydrogen) atoms. The number of halogens is 1. The molecule has 2 fully saturated rings. The highest BCUT2D eigenvalue weighted by atomic mass is 35.5. The van der Waals surface area contributed by atoms with E-state index in [9.17, 15) is 8.42 Å². The molecular formula is C16H30ClNO2S. The first-order valence-corrected chi connectivity index (χ1v) is 10.8. The quantitative estimate of drug-likeness (QED) is 0.683. The molecule has 0 saturated heterocycles. The summed E-state index contributed by atoms with van der Waals surface area (Å²) in [6, 6.07) is 0.490. The number of nitrogens with zero attached hydrogens (tertiary/aromatic N) is 1. The second kappa shape index (κ2) is 8.16. The number of hydrogen-bond acceptors (Lipinski definition) is 2. The van der Waals surface area contributed by atoms with Gasteiger partial charge in [0.1, 0.15) is 0 Å². The Morgan fingerprint density at radius 3 is 1.76 bits per heavy atom. The normalized spacial score (nSPS) is 24.3. The van der Waals surface area contributed by atoms with Crippen molar-refractivity contribution in [3.63, 3.8) is 0 Å². The molecule has 3 nitrogen and oxygen atoms in total. The van der Waals surface area contributed by atoms with Gasteiger partial charge < -0.3 is 0 Å². The summed E-state index contributed by atoms with van der Waals surface area (Å²) in [6.07, 6.45) is 11.4. The summed E-state index contributed by atoms with van der Waals surface area (Å²) >= 11 is 5.85. The Bertz CT molecular complexity index is 383. The van der Waals surface area contributed by atoms with Gasteiger partial charge in [-0.2, -0.15) is 4.31 Å². The zero-order valence-electron chi connectivity index (χ0n) is 13.3. The Balaban J connectivity index is 2.16. The van der Waals surface area contributed by atoms with Crippen molar-refractivity contribution in [2.75, 3.05) is 11.6 Å². The molecule has 1 atom stereocenters. The van der Waals surface area contributed by atoms with Gasteiger partial charge in [0.2, 0.25) is 10.0 Å². The summed E-state index contributed by atoms with van der Waals surface area (Å²) in [6.45, 7) is 1.93. The van der Waals surface area contributed by atoms with Crippen LogP contribution >= 0.6 is 11.6 Å². The van der Waals surface area contributed by atoms with Crippen molar-refractivity contribution in [1.82, 2.24) is 4.31 Å². The van der Waals surface area contributed by atoms with Crippen molar-refractivity contribution >= 4 is 21.6 Å². The average Bonchev–Trinajstić information content (AvgIpc) is 2.48. The molecule has 2 aliphatic rings. The molecule has 0 aromatic heterocycles. The van der Waals surface area contributed by atoms with E-state index in [1.54, 1.807) is 0 Å². The predicted molar refractivity (Wildman–Crippen MR) is 89.3 cm³/mol. The molecule has 0 bridgehead atoms. The lowest BCUT2D eigenvalue weighted by Crippen LogP contribution is -2.50. The van der Waals surface area contributed by atoms with E-state index in [1.165, 1.54) is 38.5 Å². The fourth-order valence-electron chi connectivity index (χ4n) is 3.91. The third kappa shape index (κ3) is 4.84. The molecule has 2 aliphatic carbocycles. The standard InChI is InChI=1S/C16H30ClNO2S/c1-14(12-17)13-21(19,20)18(15-8-4-2-5-9-15)16-10-6-3-7-11-16/h14-16H,2-13H2,1H3. The van der Waals surface area contributed by atoms with Crippen LogP contribution in [0.3, 0.4) is 0 Å². The summed E-state index contributed by atoms with van der Waals surface area (Å²) in [4.78, 5) is 0. The molecule has 0 aromatic carbocycles. The van der Waals surface area contributed by atoms with Gasteiger partial charge in [0.25, 0.3) is 0 Å². The van der Waals surface area contributed by atoms with Gasteiger partial charge in [-0.3, -0.25) is 0 Å². The van der Waals surface area contributed by atoms with E-state index in [1.807, 2.05) is 11.2 Å². The van der Waals surface area contributed by atoms with Gasteiger partial charge >= 0.3 is 0 Å². The molecule has 0 N–H and O–H groups in total. The third-order valence-corrected chi connectivity index (χ3v) is 7.70. The number of alkyl halides is 1. The number of hydrogen-bond donors (Lipinski definition) is 0. The largest absolute Gasteiger partial charge is 0.214 e. The van der Waals surface area contributed by atoms with Crippen molar-refractivity contribution in [2.24, 2.45) is 5.92 Å². The van der Waals surface area contributed by atoms with Gasteiger partial charge in [-0.05, 0) is 31.6 Å². The van der Waals surface area contributed by atoms with Crippen LogP contribution in [0.5, 0.6) is 0 Å². The van der Waals surface area contributed by atoms with Crippen LogP contribution in [0.4, 0.5) is 0 Å². The first kappa shape index (κ1) is 17.6. The van der Waals surface area contributed by atoms with Crippen molar-refractivity contribution in [3.05, 3.63) is 0 Å². The molecule has 0 spiro atoms. The number of sulfonamides is 1. The van der Waals surface area contributed by atoms with Crippen LogP contribution in [0, 0.1) is 5.92 Å². The topological polar surface area (TPSA) is 37.4 Å². The van der Waals surface area contributed by atoms with Gasteiger partial charge in [0.15, 0.2) is 0 Å². The second-order valence-corrected chi connectivity index (χ2v) is 9.18. The minimum atomic E-state index is -3.18. The summed E-state index contributed by atoms with van der Waals surface area (Å²) in [5.41, 5.74) is 0. The van der Waals surface area contributed by atoms with Gasteiger partial charge in [-0.1, -0.05) is 45.4 Å². The molecule has 0 aromatic rings. The van der Waals surface area contributed by atoms with E-state index in [0.717, 1.165) is 25.7 Å². The molecule has 0 heterocycles. The van der Waals surface area contributed by atoms with Crippen LogP contribution < -0.4 is 0 Å². The van der Waals surface area contributed by atoms with Gasteiger partial charge in [-0.15, -0.1) is 11.6 Å². The average molecular weight is 336 g/mol. The molecule has 0 radical (unpaired) electrons. The van der Waals surface area contributed by atoms with Crippen LogP contribution in [0.25, 0.3) is 0 Å². The lowest BCUT2D eigenvalue weighted by molar-refractivity contribution is 0.169. The zero-order chi connectivity index (χ0) is 15.3. The van der Waals surface area contributed by atoms with Crippen molar-refractivity contribution in [2.45, 2.75) is 83.2 Å². The Kier molecular flexibility index (Phi) is 6.82. The van der Waals surface area contributed by atoms with Crippen LogP contribution in [-0.4, -0.2) is 36.4 Å². The smallest absolute Gasteiger partial charge is 0.212 e. The zero-order valence-corrected chi connectivity index (χ0v) is 14.8. The second-order valence-electron chi connectivity index (χ2n) is 6.95. The first-order valence-electron chi connectivity index (χ1n) is 8.62. The Labute approximate surface area is 135 Å². The van der Waals surface area contributed by atoms with E-state index >= 15 is 0 Å². The van der Waals surface area contributed by atoms with E-state index in [0.29, 0.717) is 5.88 Å². The maximum absolute atomic E-state index is 13.0. The highest BCUT2D eigenvalue weighted by Crippen LogP contribution is 2.33. The molecule has 2 saturated carbocycles. The number of rotatable bonds is 6. The lowest BCUT2D eigenvalue weighted by atomic mass is 9.91. The Morgan fingerprint density at radius 1 is 0.952 bits per heavy atom. The monoisotopic (exact) mass is 335 g/mol. The lowest BCUT2D eigenvalue weighted by Gasteiger charge is -2.41. The summed E-state index contributed by atoms with van der Waals surface area (Å²) in [5.74, 6) is 0.665. The maximum Gasteiger partial charge on any atom is 0.214 e. The fraction of sp³-hybridized carbons (Fsp3) is 1.00. The van der Waals surface area contributed by atoms with Crippen molar-refractivity contribution in [3.8, 4) is 0 Å². The fourth-order valence-corrected chi connectivity index (χ4v) is 6.49. The molecule has 2 rings (SSSR count). The van der Waals surface area contributed by atoms with E-state index < -0.39 is 10.0 Å². The van der Waals surface area contributed by atoms with Gasteiger partial charge in [0.05, 0.1) is 5.75 Å². The van der Waals surface area contributed by atoms with Crippen molar-refractivity contribution < 1.29 is 8.42 Å². The summed E-state index contributed by atoms with van der Waals surface area (Å²) < 4.78 is 27.9. The SMILES string of the molecule is CC(CCl)CS(=O)(=O)N(C1CCCCC1)C1CCCCC1. The minimum absolute atomic E-state index is 0.0337. The Morgan fingerprint density at radius 2 is 1.38 bits per heavy atom. The predicted octanol–water partition coefficient (Wildman–Crippen LogP) is 4.16. The molecule has 5 heteroatoms. The maximum atomic E-state index is 13.0. The van der Waals surface area contributed by atoms with Gasteiger partial charge in [0, 0.05) is 18.0 Å². The molecule has 1 unspecified atom stereocenters. The first-order chi connectivity index (χ1) is 10.0. The van der Waals surface area contributed by atoms with Crippen LogP contribution in [0.15, 0.2) is 0 Å². The van der Waals surface area contributed by atoms with E-state index in [2.05, 4.69) is 0 Å². The van der Waals surface area contributed by atoms with Crippen molar-refractivity contribution in [1.29, 1.82) is 0 Å². The van der Waals surface area contributed by atoms with Crippen LogP contribution in [0.2, 0.25) is 0 Å². The highest BCUT2D eigenvalue weighted by molar-refractivity contribution is 7.89. The molecular weight excluding hydrogens is 306 g/mol. The van der Waals surface area contributed by atoms with E-state index in [-0.39, 0.29) is 23.8 Å².